The fourth-order valence-electron chi connectivity index (χ4n) is 3.16. The van der Waals surface area contributed by atoms with Gasteiger partial charge in [-0.2, -0.15) is 5.10 Å². The second-order valence-corrected chi connectivity index (χ2v) is 6.56. The summed E-state index contributed by atoms with van der Waals surface area (Å²) in [6, 6.07) is 24.6. The molecule has 6 nitrogen and oxygen atoms in total. The zero-order valence-electron chi connectivity index (χ0n) is 16.7. The Morgan fingerprint density at radius 1 is 0.900 bits per heavy atom. The van der Waals surface area contributed by atoms with Gasteiger partial charge in [0.2, 0.25) is 0 Å². The second-order valence-electron chi connectivity index (χ2n) is 6.56. The molecule has 0 saturated heterocycles. The van der Waals surface area contributed by atoms with Gasteiger partial charge in [-0.3, -0.25) is 4.79 Å². The molecular formula is C24H21N3O3. The maximum Gasteiger partial charge on any atom is 0.259 e. The minimum atomic E-state index is -0.289. The monoisotopic (exact) mass is 399 g/mol. The topological polar surface area (TPSA) is 65.4 Å². The summed E-state index contributed by atoms with van der Waals surface area (Å²) in [5, 5.41) is 7.62. The van der Waals surface area contributed by atoms with Crippen LogP contribution in [-0.2, 0) is 0 Å². The van der Waals surface area contributed by atoms with Gasteiger partial charge in [-0.05, 0) is 24.3 Å². The minimum Gasteiger partial charge on any atom is -0.497 e. The van der Waals surface area contributed by atoms with Crippen molar-refractivity contribution in [2.75, 3.05) is 19.5 Å². The van der Waals surface area contributed by atoms with Gasteiger partial charge in [0.15, 0.2) is 0 Å². The molecule has 4 rings (SSSR count). The van der Waals surface area contributed by atoms with E-state index in [9.17, 15) is 4.79 Å². The number of carbonyl (C=O) groups excluding carboxylic acids is 1. The van der Waals surface area contributed by atoms with Gasteiger partial charge in [-0.25, -0.2) is 4.68 Å². The molecule has 1 N–H and O–H groups in total. The highest BCUT2D eigenvalue weighted by Gasteiger charge is 2.20. The molecule has 0 unspecified atom stereocenters. The van der Waals surface area contributed by atoms with Crippen molar-refractivity contribution in [3.8, 4) is 28.4 Å². The SMILES string of the molecule is COc1ccc(OC)c(NC(=O)c2cn(-c3ccccc3)nc2-c2ccccc2)c1. The van der Waals surface area contributed by atoms with E-state index in [4.69, 9.17) is 9.47 Å². The molecule has 0 spiro atoms. The number of aromatic nitrogens is 2. The van der Waals surface area contributed by atoms with E-state index >= 15 is 0 Å². The Balaban J connectivity index is 1.76. The molecule has 0 aliphatic carbocycles. The number of carbonyl (C=O) groups is 1. The molecule has 6 heteroatoms. The van der Waals surface area contributed by atoms with Gasteiger partial charge in [-0.15, -0.1) is 0 Å². The summed E-state index contributed by atoms with van der Waals surface area (Å²) < 4.78 is 12.4. The van der Waals surface area contributed by atoms with Crippen molar-refractivity contribution in [1.82, 2.24) is 9.78 Å². The number of rotatable bonds is 6. The van der Waals surface area contributed by atoms with Crippen LogP contribution < -0.4 is 14.8 Å². The number of nitrogens with zero attached hydrogens (tertiary/aromatic N) is 2. The van der Waals surface area contributed by atoms with E-state index in [1.807, 2.05) is 60.7 Å². The smallest absolute Gasteiger partial charge is 0.259 e. The summed E-state index contributed by atoms with van der Waals surface area (Å²) >= 11 is 0. The first kappa shape index (κ1) is 19.3. The van der Waals surface area contributed by atoms with Gasteiger partial charge in [0, 0.05) is 17.8 Å². The lowest BCUT2D eigenvalue weighted by atomic mass is 10.1. The third kappa shape index (κ3) is 3.89. The first-order valence-electron chi connectivity index (χ1n) is 9.43. The van der Waals surface area contributed by atoms with Crippen molar-refractivity contribution in [2.45, 2.75) is 0 Å². The number of ether oxygens (including phenoxy) is 2. The standard InChI is InChI=1S/C24H21N3O3/c1-29-19-13-14-22(30-2)21(15-19)25-24(28)20-16-27(18-11-7-4-8-12-18)26-23(20)17-9-5-3-6-10-17/h3-16H,1-2H3,(H,25,28). The number of nitrogens with one attached hydrogen (secondary N) is 1. The average Bonchev–Trinajstić information content (AvgIpc) is 3.26. The molecule has 30 heavy (non-hydrogen) atoms. The maximum absolute atomic E-state index is 13.3. The zero-order valence-corrected chi connectivity index (χ0v) is 16.7. The molecular weight excluding hydrogens is 378 g/mol. The third-order valence-electron chi connectivity index (χ3n) is 4.68. The number of amides is 1. The quantitative estimate of drug-likeness (QED) is 0.505. The molecule has 0 fully saturated rings. The van der Waals surface area contributed by atoms with Crippen molar-refractivity contribution >= 4 is 11.6 Å². The second kappa shape index (κ2) is 8.53. The lowest BCUT2D eigenvalue weighted by Gasteiger charge is -2.11. The van der Waals surface area contributed by atoms with Gasteiger partial charge in [-0.1, -0.05) is 48.5 Å². The van der Waals surface area contributed by atoms with Crippen molar-refractivity contribution in [1.29, 1.82) is 0 Å². The Labute approximate surface area is 174 Å². The molecule has 3 aromatic carbocycles. The molecule has 0 aliphatic heterocycles. The molecule has 0 radical (unpaired) electrons. The van der Waals surface area contributed by atoms with Crippen molar-refractivity contribution in [3.05, 3.63) is 90.6 Å². The molecule has 0 atom stereocenters. The molecule has 0 bridgehead atoms. The van der Waals surface area contributed by atoms with Crippen LogP contribution >= 0.6 is 0 Å². The predicted octanol–water partition coefficient (Wildman–Crippen LogP) is 4.81. The van der Waals surface area contributed by atoms with Crippen molar-refractivity contribution in [3.63, 3.8) is 0 Å². The molecule has 0 saturated carbocycles. The van der Waals surface area contributed by atoms with Crippen LogP contribution in [-0.4, -0.2) is 29.9 Å². The van der Waals surface area contributed by atoms with Gasteiger partial charge in [0.25, 0.3) is 5.91 Å². The fraction of sp³-hybridized carbons (Fsp3) is 0.0833. The van der Waals surface area contributed by atoms with Gasteiger partial charge < -0.3 is 14.8 Å². The maximum atomic E-state index is 13.3. The van der Waals surface area contributed by atoms with E-state index in [0.717, 1.165) is 11.3 Å². The van der Waals surface area contributed by atoms with E-state index in [-0.39, 0.29) is 5.91 Å². The summed E-state index contributed by atoms with van der Waals surface area (Å²) in [5.41, 5.74) is 3.30. The molecule has 0 aliphatic rings. The molecule has 150 valence electrons. The number of para-hydroxylation sites is 1. The summed E-state index contributed by atoms with van der Waals surface area (Å²) in [5.74, 6) is 0.873. The van der Waals surface area contributed by atoms with Crippen LogP contribution in [0.4, 0.5) is 5.69 Å². The number of hydrogen-bond acceptors (Lipinski definition) is 4. The van der Waals surface area contributed by atoms with Crippen molar-refractivity contribution in [2.24, 2.45) is 0 Å². The predicted molar refractivity (Wildman–Crippen MR) is 116 cm³/mol. The number of benzene rings is 3. The lowest BCUT2D eigenvalue weighted by molar-refractivity contribution is 0.102. The van der Waals surface area contributed by atoms with E-state index in [1.54, 1.807) is 43.3 Å². The summed E-state index contributed by atoms with van der Waals surface area (Å²) in [6.45, 7) is 0. The highest BCUT2D eigenvalue weighted by Crippen LogP contribution is 2.31. The molecule has 1 heterocycles. The van der Waals surface area contributed by atoms with Crippen LogP contribution in [0.3, 0.4) is 0 Å². The van der Waals surface area contributed by atoms with Crippen LogP contribution in [0.1, 0.15) is 10.4 Å². The van der Waals surface area contributed by atoms with E-state index in [2.05, 4.69) is 10.4 Å². The Hall–Kier alpha value is -4.06. The highest BCUT2D eigenvalue weighted by atomic mass is 16.5. The normalized spacial score (nSPS) is 10.5. The van der Waals surface area contributed by atoms with Gasteiger partial charge in [0.05, 0.1) is 31.2 Å². The summed E-state index contributed by atoms with van der Waals surface area (Å²) in [4.78, 5) is 13.3. The molecule has 1 aromatic heterocycles. The van der Waals surface area contributed by atoms with Crippen LogP contribution in [0.2, 0.25) is 0 Å². The fourth-order valence-corrected chi connectivity index (χ4v) is 3.16. The Morgan fingerprint density at radius 3 is 2.27 bits per heavy atom. The van der Waals surface area contributed by atoms with E-state index < -0.39 is 0 Å². The third-order valence-corrected chi connectivity index (χ3v) is 4.68. The molecule has 4 aromatic rings. The zero-order chi connectivity index (χ0) is 20.9. The van der Waals surface area contributed by atoms with Gasteiger partial charge in [0.1, 0.15) is 17.2 Å². The Morgan fingerprint density at radius 2 is 1.60 bits per heavy atom. The van der Waals surface area contributed by atoms with Crippen LogP contribution in [0.25, 0.3) is 16.9 Å². The highest BCUT2D eigenvalue weighted by molar-refractivity contribution is 6.08. The van der Waals surface area contributed by atoms with Crippen LogP contribution in [0.5, 0.6) is 11.5 Å². The summed E-state index contributed by atoms with van der Waals surface area (Å²) in [6.07, 6.45) is 1.74. The summed E-state index contributed by atoms with van der Waals surface area (Å²) in [7, 11) is 3.13. The number of anilines is 1. The molecule has 1 amide bonds. The van der Waals surface area contributed by atoms with Crippen LogP contribution in [0, 0.1) is 0 Å². The lowest BCUT2D eigenvalue weighted by Crippen LogP contribution is -2.13. The first-order chi connectivity index (χ1) is 14.7. The van der Waals surface area contributed by atoms with Crippen molar-refractivity contribution < 1.29 is 14.3 Å². The van der Waals surface area contributed by atoms with Crippen LogP contribution in [0.15, 0.2) is 85.1 Å². The van der Waals surface area contributed by atoms with E-state index in [1.165, 1.54) is 0 Å². The Bertz CT molecular complexity index is 1160. The number of hydrogen-bond donors (Lipinski definition) is 1. The van der Waals surface area contributed by atoms with Gasteiger partial charge >= 0.3 is 0 Å². The van der Waals surface area contributed by atoms with E-state index in [0.29, 0.717) is 28.4 Å². The minimum absolute atomic E-state index is 0.289. The first-order valence-corrected chi connectivity index (χ1v) is 9.43. The largest absolute Gasteiger partial charge is 0.497 e. The number of methoxy groups -OCH3 is 2. The average molecular weight is 399 g/mol. The Kier molecular flexibility index (Phi) is 5.48.